The molecule has 0 spiro atoms. The molecule has 1 unspecified atom stereocenters. The van der Waals surface area contributed by atoms with Crippen LogP contribution in [0, 0.1) is 13.8 Å². The zero-order valence-corrected chi connectivity index (χ0v) is 15.1. The number of urea groups is 1. The lowest BCUT2D eigenvalue weighted by molar-refractivity contribution is -0.119. The molecule has 24 heavy (non-hydrogen) atoms. The summed E-state index contributed by atoms with van der Waals surface area (Å²) in [6.45, 7) is 8.11. The van der Waals surface area contributed by atoms with Crippen molar-refractivity contribution in [2.75, 3.05) is 6.54 Å². The van der Waals surface area contributed by atoms with Crippen LogP contribution in [0.2, 0.25) is 0 Å². The number of nitrogens with one attached hydrogen (secondary N) is 2. The second kappa shape index (κ2) is 8.01. The van der Waals surface area contributed by atoms with E-state index < -0.39 is 11.3 Å². The first-order valence-electron chi connectivity index (χ1n) is 7.78. The number of amides is 3. The number of imide groups is 1. The van der Waals surface area contributed by atoms with E-state index in [1.54, 1.807) is 20.0 Å². The number of benzene rings is 1. The highest BCUT2D eigenvalue weighted by Crippen LogP contribution is 2.26. The van der Waals surface area contributed by atoms with E-state index >= 15 is 0 Å². The van der Waals surface area contributed by atoms with Gasteiger partial charge >= 0.3 is 6.03 Å². The number of thioether (sulfide) groups is 1. The van der Waals surface area contributed by atoms with Gasteiger partial charge in [-0.1, -0.05) is 29.5 Å². The molecule has 1 heterocycles. The average molecular weight is 346 g/mol. The second-order valence-electron chi connectivity index (χ2n) is 5.48. The number of carbonyl (C=O) groups excluding carboxylic acids is 2. The summed E-state index contributed by atoms with van der Waals surface area (Å²) in [4.78, 5) is 27.9. The highest BCUT2D eigenvalue weighted by Gasteiger charge is 2.19. The summed E-state index contributed by atoms with van der Waals surface area (Å²) in [5.41, 5.74) is 3.35. The Labute approximate surface area is 146 Å². The van der Waals surface area contributed by atoms with Crippen LogP contribution >= 0.6 is 11.8 Å². The summed E-state index contributed by atoms with van der Waals surface area (Å²) >= 11 is 1.31. The number of aromatic nitrogens is 2. The molecule has 2 N–H and O–H groups in total. The fourth-order valence-electron chi connectivity index (χ4n) is 2.27. The zero-order chi connectivity index (χ0) is 17.7. The molecule has 7 heteroatoms. The van der Waals surface area contributed by atoms with Crippen molar-refractivity contribution in [1.82, 2.24) is 20.2 Å². The molecule has 0 aliphatic heterocycles. The van der Waals surface area contributed by atoms with Gasteiger partial charge in [0, 0.05) is 18.9 Å². The van der Waals surface area contributed by atoms with Crippen LogP contribution in [-0.2, 0) is 4.79 Å². The number of carbonyl (C=O) groups is 2. The van der Waals surface area contributed by atoms with Crippen molar-refractivity contribution >= 4 is 23.7 Å². The molecular weight excluding hydrogens is 324 g/mol. The maximum Gasteiger partial charge on any atom is 0.321 e. The number of aryl methyl sites for hydroxylation is 2. The molecule has 0 aliphatic carbocycles. The summed E-state index contributed by atoms with van der Waals surface area (Å²) in [6, 6.07) is 5.71. The van der Waals surface area contributed by atoms with Gasteiger partial charge in [0.25, 0.3) is 0 Å². The summed E-state index contributed by atoms with van der Waals surface area (Å²) in [5, 5.41) is 5.13. The molecule has 6 nitrogen and oxygen atoms in total. The molecular formula is C17H22N4O2S. The topological polar surface area (TPSA) is 76.0 Å². The van der Waals surface area contributed by atoms with Crippen LogP contribution in [0.4, 0.5) is 4.79 Å². The van der Waals surface area contributed by atoms with Gasteiger partial charge in [-0.25, -0.2) is 9.78 Å². The lowest BCUT2D eigenvalue weighted by atomic mass is 10.1. The van der Waals surface area contributed by atoms with Crippen LogP contribution in [-0.4, -0.2) is 33.3 Å². The third-order valence-corrected chi connectivity index (χ3v) is 4.52. The first kappa shape index (κ1) is 18.1. The van der Waals surface area contributed by atoms with Crippen molar-refractivity contribution in [3.05, 3.63) is 41.7 Å². The largest absolute Gasteiger partial charge is 0.338 e. The molecule has 1 atom stereocenters. The highest BCUT2D eigenvalue weighted by molar-refractivity contribution is 8.00. The van der Waals surface area contributed by atoms with Gasteiger partial charge < -0.3 is 5.32 Å². The molecule has 1 aromatic carbocycles. The minimum atomic E-state index is -0.479. The quantitative estimate of drug-likeness (QED) is 0.816. The van der Waals surface area contributed by atoms with Gasteiger partial charge in [0.15, 0.2) is 5.16 Å². The molecule has 0 aliphatic rings. The van der Waals surface area contributed by atoms with Gasteiger partial charge in [0.2, 0.25) is 5.91 Å². The Morgan fingerprint density at radius 3 is 2.75 bits per heavy atom. The maximum absolute atomic E-state index is 12.1. The van der Waals surface area contributed by atoms with Gasteiger partial charge in [0.1, 0.15) is 0 Å². The fourth-order valence-corrected chi connectivity index (χ4v) is 3.14. The fraction of sp³-hybridized carbons (Fsp3) is 0.353. The monoisotopic (exact) mass is 346 g/mol. The molecule has 0 radical (unpaired) electrons. The Balaban J connectivity index is 2.13. The predicted molar refractivity (Wildman–Crippen MR) is 95.6 cm³/mol. The normalized spacial score (nSPS) is 11.8. The Hall–Kier alpha value is -2.28. The van der Waals surface area contributed by atoms with E-state index in [4.69, 9.17) is 0 Å². The van der Waals surface area contributed by atoms with Crippen molar-refractivity contribution in [2.24, 2.45) is 0 Å². The summed E-state index contributed by atoms with van der Waals surface area (Å²) in [7, 11) is 0. The molecule has 0 bridgehead atoms. The second-order valence-corrected chi connectivity index (χ2v) is 6.79. The number of hydrogen-bond donors (Lipinski definition) is 2. The molecule has 0 saturated heterocycles. The SMILES string of the molecule is CCNC(=O)NC(=O)C(C)Sc1nccn1-c1ccc(C)cc1C. The third-order valence-electron chi connectivity index (χ3n) is 3.44. The van der Waals surface area contributed by atoms with Gasteiger partial charge in [0.05, 0.1) is 10.9 Å². The van der Waals surface area contributed by atoms with Crippen molar-refractivity contribution in [3.63, 3.8) is 0 Å². The van der Waals surface area contributed by atoms with Crippen molar-refractivity contribution in [2.45, 2.75) is 38.1 Å². The minimum absolute atomic E-state index is 0.346. The lowest BCUT2D eigenvalue weighted by Gasteiger charge is -2.14. The molecule has 2 rings (SSSR count). The van der Waals surface area contributed by atoms with Crippen LogP contribution in [0.25, 0.3) is 5.69 Å². The van der Waals surface area contributed by atoms with Crippen LogP contribution in [0.1, 0.15) is 25.0 Å². The maximum atomic E-state index is 12.1. The van der Waals surface area contributed by atoms with Crippen LogP contribution in [0.15, 0.2) is 35.7 Å². The van der Waals surface area contributed by atoms with Gasteiger partial charge in [-0.15, -0.1) is 0 Å². The molecule has 0 fully saturated rings. The molecule has 128 valence electrons. The summed E-state index contributed by atoms with van der Waals surface area (Å²) in [5.74, 6) is -0.346. The number of imidazole rings is 1. The summed E-state index contributed by atoms with van der Waals surface area (Å²) in [6.07, 6.45) is 3.57. The Bertz CT molecular complexity index is 742. The Morgan fingerprint density at radius 2 is 2.08 bits per heavy atom. The van der Waals surface area contributed by atoms with Gasteiger partial charge in [-0.3, -0.25) is 14.7 Å². The van der Waals surface area contributed by atoms with E-state index in [1.165, 1.54) is 17.3 Å². The van der Waals surface area contributed by atoms with Crippen molar-refractivity contribution in [1.29, 1.82) is 0 Å². The highest BCUT2D eigenvalue weighted by atomic mass is 32.2. The van der Waals surface area contributed by atoms with Gasteiger partial charge in [-0.05, 0) is 39.3 Å². The van der Waals surface area contributed by atoms with Crippen LogP contribution < -0.4 is 10.6 Å². The Kier molecular flexibility index (Phi) is 6.03. The van der Waals surface area contributed by atoms with E-state index in [-0.39, 0.29) is 5.91 Å². The number of nitrogens with zero attached hydrogens (tertiary/aromatic N) is 2. The zero-order valence-electron chi connectivity index (χ0n) is 14.3. The molecule has 1 aromatic heterocycles. The van der Waals surface area contributed by atoms with Crippen molar-refractivity contribution in [3.8, 4) is 5.69 Å². The minimum Gasteiger partial charge on any atom is -0.338 e. The first-order valence-corrected chi connectivity index (χ1v) is 8.66. The number of rotatable bonds is 5. The van der Waals surface area contributed by atoms with E-state index in [0.29, 0.717) is 11.7 Å². The van der Waals surface area contributed by atoms with E-state index in [9.17, 15) is 9.59 Å². The first-order chi connectivity index (χ1) is 11.4. The van der Waals surface area contributed by atoms with E-state index in [2.05, 4.69) is 21.7 Å². The van der Waals surface area contributed by atoms with Crippen LogP contribution in [0.5, 0.6) is 0 Å². The van der Waals surface area contributed by atoms with E-state index in [1.807, 2.05) is 36.7 Å². The van der Waals surface area contributed by atoms with E-state index in [0.717, 1.165) is 11.3 Å². The third kappa shape index (κ3) is 4.38. The molecule has 2 aromatic rings. The van der Waals surface area contributed by atoms with Crippen LogP contribution in [0.3, 0.4) is 0 Å². The van der Waals surface area contributed by atoms with Crippen molar-refractivity contribution < 1.29 is 9.59 Å². The average Bonchev–Trinajstić information content (AvgIpc) is 2.95. The Morgan fingerprint density at radius 1 is 1.33 bits per heavy atom. The van der Waals surface area contributed by atoms with Gasteiger partial charge in [-0.2, -0.15) is 0 Å². The number of hydrogen-bond acceptors (Lipinski definition) is 4. The molecule has 0 saturated carbocycles. The summed E-state index contributed by atoms with van der Waals surface area (Å²) < 4.78 is 1.95. The smallest absolute Gasteiger partial charge is 0.321 e. The molecule has 3 amide bonds. The predicted octanol–water partition coefficient (Wildman–Crippen LogP) is 2.82. The lowest BCUT2D eigenvalue weighted by Crippen LogP contribution is -2.42. The standard InChI is InChI=1S/C17H22N4O2S/c1-5-18-16(23)20-15(22)13(4)24-17-19-8-9-21(17)14-7-6-11(2)10-12(14)3/h6-10,13H,5H2,1-4H3,(H2,18,20,22,23).